The van der Waals surface area contributed by atoms with E-state index in [1.54, 1.807) is 31.2 Å². The van der Waals surface area contributed by atoms with Gasteiger partial charge in [-0.2, -0.15) is 0 Å². The minimum absolute atomic E-state index is 0.000398. The molecule has 1 heterocycles. The maximum atomic E-state index is 13.3. The van der Waals surface area contributed by atoms with Crippen LogP contribution in [0.4, 0.5) is 14.5 Å². The lowest BCUT2D eigenvalue weighted by atomic mass is 10.2. The molecule has 0 spiro atoms. The number of carbonyl (C=O) groups excluding carboxylic acids is 1. The van der Waals surface area contributed by atoms with Gasteiger partial charge < -0.3 is 14.6 Å². The van der Waals surface area contributed by atoms with Crippen molar-refractivity contribution in [1.82, 2.24) is 5.16 Å². The van der Waals surface area contributed by atoms with Gasteiger partial charge in [-0.1, -0.05) is 28.9 Å². The number of carbonyl (C=O) groups is 1. The highest BCUT2D eigenvalue weighted by Crippen LogP contribution is 2.25. The van der Waals surface area contributed by atoms with Gasteiger partial charge in [-0.25, -0.2) is 8.78 Å². The Morgan fingerprint density at radius 2 is 2.00 bits per heavy atom. The maximum Gasteiger partial charge on any atom is 0.278 e. The Kier molecular flexibility index (Phi) is 5.18. The molecule has 0 radical (unpaired) electrons. The summed E-state index contributed by atoms with van der Waals surface area (Å²) in [5.41, 5.74) is 0.497. The van der Waals surface area contributed by atoms with Crippen molar-refractivity contribution in [3.63, 3.8) is 0 Å². The van der Waals surface area contributed by atoms with Gasteiger partial charge in [-0.3, -0.25) is 4.79 Å². The first kappa shape index (κ1) is 17.9. The van der Waals surface area contributed by atoms with Crippen LogP contribution in [0.25, 0.3) is 0 Å². The van der Waals surface area contributed by atoms with Gasteiger partial charge in [0.25, 0.3) is 5.91 Å². The fraction of sp³-hybridized carbons (Fsp3) is 0.111. The Morgan fingerprint density at radius 3 is 2.73 bits per heavy atom. The van der Waals surface area contributed by atoms with Crippen LogP contribution >= 0.6 is 11.6 Å². The molecule has 2 aromatic carbocycles. The molecule has 0 aliphatic rings. The number of nitrogens with zero attached hydrogens (tertiary/aromatic N) is 1. The molecule has 1 amide bonds. The Bertz CT molecular complexity index is 959. The van der Waals surface area contributed by atoms with Crippen LogP contribution in [0.15, 0.2) is 47.0 Å². The van der Waals surface area contributed by atoms with Crippen LogP contribution in [0, 0.1) is 18.6 Å². The Hall–Kier alpha value is -2.93. The first-order chi connectivity index (χ1) is 12.5. The van der Waals surface area contributed by atoms with E-state index in [4.69, 9.17) is 20.9 Å². The maximum absolute atomic E-state index is 13.3. The van der Waals surface area contributed by atoms with Crippen molar-refractivity contribution in [3.05, 3.63) is 76.1 Å². The van der Waals surface area contributed by atoms with Gasteiger partial charge in [0, 0.05) is 11.8 Å². The second-order valence-electron chi connectivity index (χ2n) is 5.37. The molecule has 0 aliphatic carbocycles. The summed E-state index contributed by atoms with van der Waals surface area (Å²) in [4.78, 5) is 12.4. The van der Waals surface area contributed by atoms with Gasteiger partial charge in [0.05, 0.1) is 10.6 Å². The van der Waals surface area contributed by atoms with Crippen LogP contribution in [0.5, 0.6) is 5.75 Å². The zero-order valence-corrected chi connectivity index (χ0v) is 14.3. The van der Waals surface area contributed by atoms with E-state index >= 15 is 0 Å². The molecule has 0 unspecified atom stereocenters. The number of halogens is 3. The van der Waals surface area contributed by atoms with Crippen molar-refractivity contribution in [2.75, 3.05) is 5.32 Å². The van der Waals surface area contributed by atoms with Crippen molar-refractivity contribution >= 4 is 23.2 Å². The number of para-hydroxylation sites is 1. The van der Waals surface area contributed by atoms with Gasteiger partial charge >= 0.3 is 0 Å². The molecular weight excluding hydrogens is 366 g/mol. The molecule has 26 heavy (non-hydrogen) atoms. The number of rotatable bonds is 5. The number of anilines is 1. The smallest absolute Gasteiger partial charge is 0.278 e. The van der Waals surface area contributed by atoms with Gasteiger partial charge in [0.15, 0.2) is 17.3 Å². The van der Waals surface area contributed by atoms with Crippen molar-refractivity contribution in [2.45, 2.75) is 13.5 Å². The summed E-state index contributed by atoms with van der Waals surface area (Å²) >= 11 is 6.03. The van der Waals surface area contributed by atoms with Crippen LogP contribution in [-0.2, 0) is 6.61 Å². The van der Waals surface area contributed by atoms with Crippen LogP contribution in [0.3, 0.4) is 0 Å². The van der Waals surface area contributed by atoms with Crippen molar-refractivity contribution in [1.29, 1.82) is 0 Å². The highest BCUT2D eigenvalue weighted by molar-refractivity contribution is 6.32. The zero-order chi connectivity index (χ0) is 18.7. The predicted octanol–water partition coefficient (Wildman–Crippen LogP) is 4.75. The number of benzene rings is 2. The summed E-state index contributed by atoms with van der Waals surface area (Å²) < 4.78 is 36.9. The Labute approximate surface area is 152 Å². The Balaban J connectivity index is 1.77. The van der Waals surface area contributed by atoms with E-state index in [1.807, 2.05) is 0 Å². The molecule has 0 atom stereocenters. The molecular formula is C18H13ClF2N2O3. The highest BCUT2D eigenvalue weighted by Gasteiger charge is 2.21. The molecule has 0 aliphatic heterocycles. The zero-order valence-electron chi connectivity index (χ0n) is 13.6. The largest absolute Gasteiger partial charge is 0.487 e. The minimum atomic E-state index is -1.07. The molecule has 0 saturated heterocycles. The molecule has 1 aromatic heterocycles. The van der Waals surface area contributed by atoms with E-state index in [0.717, 1.165) is 12.1 Å². The molecule has 0 saturated carbocycles. The predicted molar refractivity (Wildman–Crippen MR) is 91.3 cm³/mol. The molecule has 3 rings (SSSR count). The van der Waals surface area contributed by atoms with E-state index in [2.05, 4.69) is 10.5 Å². The average Bonchev–Trinajstić information content (AvgIpc) is 2.98. The summed E-state index contributed by atoms with van der Waals surface area (Å²) in [6.07, 6.45) is 0. The summed E-state index contributed by atoms with van der Waals surface area (Å²) in [6.45, 7) is 1.63. The molecule has 134 valence electrons. The van der Waals surface area contributed by atoms with Crippen LogP contribution in [0.2, 0.25) is 5.02 Å². The SMILES string of the molecule is Cc1onc(C(=O)Nc2ccc(F)c(F)c2)c1COc1ccccc1Cl. The molecule has 0 bridgehead atoms. The molecule has 8 heteroatoms. The van der Waals surface area contributed by atoms with Crippen molar-refractivity contribution < 1.29 is 22.8 Å². The number of aryl methyl sites for hydroxylation is 1. The van der Waals surface area contributed by atoms with E-state index in [-0.39, 0.29) is 18.0 Å². The van der Waals surface area contributed by atoms with E-state index in [9.17, 15) is 13.6 Å². The van der Waals surface area contributed by atoms with Crippen LogP contribution < -0.4 is 10.1 Å². The monoisotopic (exact) mass is 378 g/mol. The van der Waals surface area contributed by atoms with Gasteiger partial charge in [0.1, 0.15) is 18.1 Å². The second-order valence-corrected chi connectivity index (χ2v) is 5.78. The summed E-state index contributed by atoms with van der Waals surface area (Å²) in [6, 6.07) is 9.92. The quantitative estimate of drug-likeness (QED) is 0.696. The number of ether oxygens (including phenoxy) is 1. The first-order valence-corrected chi connectivity index (χ1v) is 7.92. The lowest BCUT2D eigenvalue weighted by Crippen LogP contribution is -2.15. The van der Waals surface area contributed by atoms with Gasteiger partial charge in [-0.05, 0) is 31.2 Å². The van der Waals surface area contributed by atoms with Crippen LogP contribution in [0.1, 0.15) is 21.8 Å². The fourth-order valence-corrected chi connectivity index (χ4v) is 2.41. The van der Waals surface area contributed by atoms with Gasteiger partial charge in [0.2, 0.25) is 0 Å². The van der Waals surface area contributed by atoms with E-state index in [0.29, 0.717) is 22.1 Å². The average molecular weight is 379 g/mol. The normalized spacial score (nSPS) is 10.6. The second kappa shape index (κ2) is 7.53. The third-order valence-corrected chi connectivity index (χ3v) is 3.90. The highest BCUT2D eigenvalue weighted by atomic mass is 35.5. The minimum Gasteiger partial charge on any atom is -0.487 e. The number of hydrogen-bond acceptors (Lipinski definition) is 4. The standard InChI is InChI=1S/C18H13ClF2N2O3/c1-10-12(9-25-16-5-3-2-4-13(16)19)17(23-26-10)18(24)22-11-6-7-14(20)15(21)8-11/h2-8H,9H2,1H3,(H,22,24). The lowest BCUT2D eigenvalue weighted by Gasteiger charge is -2.08. The Morgan fingerprint density at radius 1 is 1.23 bits per heavy atom. The van der Waals surface area contributed by atoms with Crippen molar-refractivity contribution in [3.8, 4) is 5.75 Å². The third kappa shape index (κ3) is 3.83. The number of hydrogen-bond donors (Lipinski definition) is 1. The van der Waals surface area contributed by atoms with Crippen molar-refractivity contribution in [2.24, 2.45) is 0 Å². The fourth-order valence-electron chi connectivity index (χ4n) is 2.22. The molecule has 5 nitrogen and oxygen atoms in total. The molecule has 0 fully saturated rings. The van der Waals surface area contributed by atoms with E-state index in [1.165, 1.54) is 6.07 Å². The number of amides is 1. The third-order valence-electron chi connectivity index (χ3n) is 3.59. The lowest BCUT2D eigenvalue weighted by molar-refractivity contribution is 0.101. The first-order valence-electron chi connectivity index (χ1n) is 7.54. The molecule has 1 N–H and O–H groups in total. The summed E-state index contributed by atoms with van der Waals surface area (Å²) in [5, 5.41) is 6.58. The number of aromatic nitrogens is 1. The summed E-state index contributed by atoms with van der Waals surface area (Å²) in [5.74, 6) is -1.87. The van der Waals surface area contributed by atoms with Crippen LogP contribution in [-0.4, -0.2) is 11.1 Å². The molecule has 3 aromatic rings. The number of nitrogens with one attached hydrogen (secondary N) is 1. The van der Waals surface area contributed by atoms with E-state index < -0.39 is 17.5 Å². The van der Waals surface area contributed by atoms with Gasteiger partial charge in [-0.15, -0.1) is 0 Å². The topological polar surface area (TPSA) is 64.4 Å². The summed E-state index contributed by atoms with van der Waals surface area (Å²) in [7, 11) is 0.